The first-order chi connectivity index (χ1) is 9.72. The Morgan fingerprint density at radius 2 is 2.25 bits per heavy atom. The van der Waals surface area contributed by atoms with Gasteiger partial charge in [-0.3, -0.25) is 0 Å². The van der Waals surface area contributed by atoms with Crippen LogP contribution < -0.4 is 10.5 Å². The Hall–Kier alpha value is -2.01. The number of hydrogen-bond donors (Lipinski definition) is 1. The molecule has 0 aliphatic carbocycles. The summed E-state index contributed by atoms with van der Waals surface area (Å²) in [4.78, 5) is 2.30. The first-order valence-corrected chi connectivity index (χ1v) is 6.89. The van der Waals surface area contributed by atoms with Gasteiger partial charge in [0.25, 0.3) is 0 Å². The standard InChI is InChI=1S/C15H19N3O2/c1-18-8-4-5-11(10-18)19-14-7-3-2-6-12(14)13-9-15(16)20-17-13/h2-3,6-7,9,11H,4-5,8,10,16H2,1H3. The zero-order valence-corrected chi connectivity index (χ0v) is 11.6. The molecule has 20 heavy (non-hydrogen) atoms. The summed E-state index contributed by atoms with van der Waals surface area (Å²) in [5.41, 5.74) is 7.22. The Morgan fingerprint density at radius 3 is 3.00 bits per heavy atom. The Morgan fingerprint density at radius 1 is 1.40 bits per heavy atom. The third-order valence-corrected chi connectivity index (χ3v) is 3.57. The number of nitrogens with two attached hydrogens (primary N) is 1. The Bertz CT molecular complexity index is 582. The molecule has 0 bridgehead atoms. The average Bonchev–Trinajstić information content (AvgIpc) is 2.86. The molecule has 1 aliphatic heterocycles. The molecule has 2 heterocycles. The molecule has 3 rings (SSSR count). The van der Waals surface area contributed by atoms with Crippen LogP contribution in [-0.4, -0.2) is 36.3 Å². The largest absolute Gasteiger partial charge is 0.488 e. The molecule has 2 aromatic rings. The first-order valence-electron chi connectivity index (χ1n) is 6.89. The van der Waals surface area contributed by atoms with E-state index in [1.165, 1.54) is 6.42 Å². The number of piperidine rings is 1. The summed E-state index contributed by atoms with van der Waals surface area (Å²) in [6.45, 7) is 2.09. The van der Waals surface area contributed by atoms with Gasteiger partial charge >= 0.3 is 0 Å². The lowest BCUT2D eigenvalue weighted by Gasteiger charge is -2.30. The second-order valence-electron chi connectivity index (χ2n) is 5.26. The van der Waals surface area contributed by atoms with E-state index in [1.54, 1.807) is 6.07 Å². The second-order valence-corrected chi connectivity index (χ2v) is 5.26. The summed E-state index contributed by atoms with van der Waals surface area (Å²) >= 11 is 0. The maximum absolute atomic E-state index is 6.16. The van der Waals surface area contributed by atoms with Gasteiger partial charge in [-0.2, -0.15) is 0 Å². The number of aromatic nitrogens is 1. The minimum atomic E-state index is 0.221. The van der Waals surface area contributed by atoms with Gasteiger partial charge in [0, 0.05) is 18.2 Å². The van der Waals surface area contributed by atoms with Crippen molar-refractivity contribution in [2.75, 3.05) is 25.9 Å². The van der Waals surface area contributed by atoms with Gasteiger partial charge in [-0.05, 0) is 38.6 Å². The molecule has 0 spiro atoms. The molecular formula is C15H19N3O2. The summed E-state index contributed by atoms with van der Waals surface area (Å²) in [5.74, 6) is 1.15. The molecule has 0 amide bonds. The minimum Gasteiger partial charge on any atom is -0.488 e. The molecule has 1 aromatic carbocycles. The molecule has 2 N–H and O–H groups in total. The molecule has 1 saturated heterocycles. The number of para-hydroxylation sites is 1. The van der Waals surface area contributed by atoms with Crippen LogP contribution in [0.5, 0.6) is 5.75 Å². The van der Waals surface area contributed by atoms with Crippen LogP contribution in [0.25, 0.3) is 11.3 Å². The van der Waals surface area contributed by atoms with Crippen LogP contribution in [0.2, 0.25) is 0 Å². The predicted molar refractivity (Wildman–Crippen MR) is 77.5 cm³/mol. The van der Waals surface area contributed by atoms with E-state index in [4.69, 9.17) is 15.0 Å². The van der Waals surface area contributed by atoms with Gasteiger partial charge in [-0.1, -0.05) is 17.3 Å². The Kier molecular flexibility index (Phi) is 3.60. The zero-order chi connectivity index (χ0) is 13.9. The summed E-state index contributed by atoms with van der Waals surface area (Å²) in [7, 11) is 2.12. The predicted octanol–water partition coefficient (Wildman–Crippen LogP) is 2.40. The number of benzene rings is 1. The fraction of sp³-hybridized carbons (Fsp3) is 0.400. The molecule has 0 saturated carbocycles. The molecule has 5 nitrogen and oxygen atoms in total. The monoisotopic (exact) mass is 273 g/mol. The van der Waals surface area contributed by atoms with Gasteiger partial charge < -0.3 is 19.9 Å². The topological polar surface area (TPSA) is 64.5 Å². The molecule has 1 atom stereocenters. The van der Waals surface area contributed by atoms with E-state index < -0.39 is 0 Å². The van der Waals surface area contributed by atoms with Crippen molar-refractivity contribution < 1.29 is 9.26 Å². The number of anilines is 1. The van der Waals surface area contributed by atoms with E-state index in [-0.39, 0.29) is 6.10 Å². The van der Waals surface area contributed by atoms with Crippen LogP contribution in [-0.2, 0) is 0 Å². The van der Waals surface area contributed by atoms with E-state index in [1.807, 2.05) is 24.3 Å². The van der Waals surface area contributed by atoms with Crippen LogP contribution in [0.15, 0.2) is 34.9 Å². The van der Waals surface area contributed by atoms with Gasteiger partial charge in [0.2, 0.25) is 5.88 Å². The van der Waals surface area contributed by atoms with Crippen molar-refractivity contribution in [3.05, 3.63) is 30.3 Å². The highest BCUT2D eigenvalue weighted by Crippen LogP contribution is 2.31. The highest BCUT2D eigenvalue weighted by atomic mass is 16.5. The van der Waals surface area contributed by atoms with E-state index in [9.17, 15) is 0 Å². The van der Waals surface area contributed by atoms with Crippen LogP contribution in [0, 0.1) is 0 Å². The summed E-state index contributed by atoms with van der Waals surface area (Å²) in [6, 6.07) is 9.58. The Balaban J connectivity index is 1.83. The lowest BCUT2D eigenvalue weighted by Crippen LogP contribution is -2.38. The van der Waals surface area contributed by atoms with E-state index in [0.717, 1.165) is 30.8 Å². The second kappa shape index (κ2) is 5.54. The van der Waals surface area contributed by atoms with E-state index in [0.29, 0.717) is 11.6 Å². The van der Waals surface area contributed by atoms with Crippen molar-refractivity contribution in [3.8, 4) is 17.0 Å². The fourth-order valence-electron chi connectivity index (χ4n) is 2.59. The summed E-state index contributed by atoms with van der Waals surface area (Å²) in [5, 5.41) is 3.96. The highest BCUT2D eigenvalue weighted by molar-refractivity contribution is 5.68. The molecule has 1 unspecified atom stereocenters. The number of ether oxygens (including phenoxy) is 1. The zero-order valence-electron chi connectivity index (χ0n) is 11.6. The molecule has 5 heteroatoms. The average molecular weight is 273 g/mol. The smallest absolute Gasteiger partial charge is 0.222 e. The van der Waals surface area contributed by atoms with E-state index >= 15 is 0 Å². The van der Waals surface area contributed by atoms with Crippen LogP contribution >= 0.6 is 0 Å². The normalized spacial score (nSPS) is 19.9. The third-order valence-electron chi connectivity index (χ3n) is 3.57. The fourth-order valence-corrected chi connectivity index (χ4v) is 2.59. The van der Waals surface area contributed by atoms with Gasteiger partial charge in [0.15, 0.2) is 0 Å². The van der Waals surface area contributed by atoms with Gasteiger partial charge in [0.1, 0.15) is 17.5 Å². The van der Waals surface area contributed by atoms with Gasteiger partial charge in [0.05, 0.1) is 0 Å². The Labute approximate surface area is 118 Å². The lowest BCUT2D eigenvalue weighted by molar-refractivity contribution is 0.105. The number of nitrogens with zero attached hydrogens (tertiary/aromatic N) is 2. The highest BCUT2D eigenvalue weighted by Gasteiger charge is 2.20. The maximum atomic E-state index is 6.16. The number of likely N-dealkylation sites (tertiary alicyclic amines) is 1. The quantitative estimate of drug-likeness (QED) is 0.930. The number of likely N-dealkylation sites (N-methyl/N-ethyl adjacent to an activating group) is 1. The van der Waals surface area contributed by atoms with Crippen molar-refractivity contribution in [1.29, 1.82) is 0 Å². The summed E-state index contributed by atoms with van der Waals surface area (Å²) in [6.07, 6.45) is 2.47. The molecule has 0 radical (unpaired) electrons. The molecule has 106 valence electrons. The van der Waals surface area contributed by atoms with Gasteiger partial charge in [-0.15, -0.1) is 0 Å². The van der Waals surface area contributed by atoms with Crippen LogP contribution in [0.1, 0.15) is 12.8 Å². The van der Waals surface area contributed by atoms with Crippen molar-refractivity contribution in [2.45, 2.75) is 18.9 Å². The van der Waals surface area contributed by atoms with Crippen molar-refractivity contribution in [1.82, 2.24) is 10.1 Å². The molecule has 1 aromatic heterocycles. The minimum absolute atomic E-state index is 0.221. The maximum Gasteiger partial charge on any atom is 0.222 e. The molecule has 1 fully saturated rings. The van der Waals surface area contributed by atoms with Crippen molar-refractivity contribution in [2.24, 2.45) is 0 Å². The van der Waals surface area contributed by atoms with E-state index in [2.05, 4.69) is 17.1 Å². The van der Waals surface area contributed by atoms with Crippen LogP contribution in [0.3, 0.4) is 0 Å². The van der Waals surface area contributed by atoms with Gasteiger partial charge in [-0.25, -0.2) is 0 Å². The number of nitrogen functional groups attached to an aromatic ring is 1. The van der Waals surface area contributed by atoms with Crippen molar-refractivity contribution >= 4 is 5.88 Å². The number of hydrogen-bond acceptors (Lipinski definition) is 5. The van der Waals surface area contributed by atoms with Crippen molar-refractivity contribution in [3.63, 3.8) is 0 Å². The number of rotatable bonds is 3. The molecule has 1 aliphatic rings. The first kappa shape index (κ1) is 13.0. The summed E-state index contributed by atoms with van der Waals surface area (Å²) < 4.78 is 11.1. The van der Waals surface area contributed by atoms with Crippen LogP contribution in [0.4, 0.5) is 5.88 Å². The molecular weight excluding hydrogens is 254 g/mol. The third kappa shape index (κ3) is 2.77. The lowest BCUT2D eigenvalue weighted by atomic mass is 10.1. The SMILES string of the molecule is CN1CCCC(Oc2ccccc2-c2cc(N)on2)C1.